The first-order valence-corrected chi connectivity index (χ1v) is 9.91. The maximum atomic E-state index is 13.1. The van der Waals surface area contributed by atoms with Gasteiger partial charge in [-0.15, -0.1) is 0 Å². The Morgan fingerprint density at radius 2 is 1.79 bits per heavy atom. The molecule has 1 spiro atoms. The Bertz CT molecular complexity index is 1040. The summed E-state index contributed by atoms with van der Waals surface area (Å²) < 4.78 is 0. The highest BCUT2D eigenvalue weighted by atomic mass is 35.5. The van der Waals surface area contributed by atoms with Gasteiger partial charge >= 0.3 is 6.09 Å². The van der Waals surface area contributed by atoms with Gasteiger partial charge in [-0.05, 0) is 43.7 Å². The van der Waals surface area contributed by atoms with Crippen LogP contribution in [-0.4, -0.2) is 53.2 Å². The van der Waals surface area contributed by atoms with Crippen molar-refractivity contribution >= 4 is 35.0 Å². The number of hydrogen-bond acceptors (Lipinski definition) is 4. The van der Waals surface area contributed by atoms with Gasteiger partial charge in [-0.1, -0.05) is 11.6 Å². The Balaban J connectivity index is 1.39. The molecule has 1 aromatic carbocycles. The maximum absolute atomic E-state index is 13.1. The molecule has 2 amide bonds. The van der Waals surface area contributed by atoms with Gasteiger partial charge in [0, 0.05) is 42.2 Å². The maximum Gasteiger partial charge on any atom is 0.407 e. The van der Waals surface area contributed by atoms with E-state index in [9.17, 15) is 9.59 Å². The van der Waals surface area contributed by atoms with Gasteiger partial charge in [0.1, 0.15) is 0 Å². The number of pyridine rings is 1. The molecule has 7 nitrogen and oxygen atoms in total. The number of aromatic nitrogens is 1. The third-order valence-corrected chi connectivity index (χ3v) is 6.58. The molecule has 8 heteroatoms. The third kappa shape index (κ3) is 2.60. The number of carbonyl (C=O) groups excluding carboxylic acids is 1. The van der Waals surface area contributed by atoms with Crippen molar-refractivity contribution in [3.05, 3.63) is 52.8 Å². The van der Waals surface area contributed by atoms with Crippen molar-refractivity contribution in [1.82, 2.24) is 9.88 Å². The van der Waals surface area contributed by atoms with E-state index < -0.39 is 11.6 Å². The van der Waals surface area contributed by atoms with Crippen LogP contribution in [0.5, 0.6) is 0 Å². The van der Waals surface area contributed by atoms with Gasteiger partial charge in [0.15, 0.2) is 0 Å². The Morgan fingerprint density at radius 3 is 2.48 bits per heavy atom. The van der Waals surface area contributed by atoms with Crippen molar-refractivity contribution < 1.29 is 14.7 Å². The minimum Gasteiger partial charge on any atom is -0.465 e. The molecule has 3 aliphatic rings. The first-order chi connectivity index (χ1) is 13.7. The van der Waals surface area contributed by atoms with E-state index in [1.54, 1.807) is 29.4 Å². The molecule has 0 radical (unpaired) electrons. The molecule has 0 saturated carbocycles. The van der Waals surface area contributed by atoms with Crippen LogP contribution in [0.25, 0.3) is 0 Å². The fourth-order valence-electron chi connectivity index (χ4n) is 4.90. The lowest BCUT2D eigenvalue weighted by Gasteiger charge is -2.60. The van der Waals surface area contributed by atoms with Crippen molar-refractivity contribution in [1.29, 1.82) is 0 Å². The highest BCUT2D eigenvalue weighted by molar-refractivity contribution is 6.31. The lowest BCUT2D eigenvalue weighted by Crippen LogP contribution is -2.73. The molecule has 0 unspecified atom stereocenters. The summed E-state index contributed by atoms with van der Waals surface area (Å²) in [7, 11) is 0. The van der Waals surface area contributed by atoms with E-state index in [0.717, 1.165) is 30.0 Å². The molecule has 3 aliphatic heterocycles. The second kappa shape index (κ2) is 5.86. The van der Waals surface area contributed by atoms with E-state index in [0.29, 0.717) is 23.7 Å². The minimum atomic E-state index is -0.854. The Hall–Kier alpha value is -2.80. The summed E-state index contributed by atoms with van der Waals surface area (Å²) in [6, 6.07) is 7.37. The summed E-state index contributed by atoms with van der Waals surface area (Å²) in [5, 5.41) is 9.66. The van der Waals surface area contributed by atoms with Crippen molar-refractivity contribution in [3.63, 3.8) is 0 Å². The SMILES string of the molecule is CC1(C)c2cc(Cl)ccc2C(=O)N1c1cncc(N2CC3(CN(C(=O)O)C3)C2)c1. The van der Waals surface area contributed by atoms with Gasteiger partial charge in [-0.25, -0.2) is 4.79 Å². The number of benzene rings is 1. The van der Waals surface area contributed by atoms with Crippen molar-refractivity contribution in [2.24, 2.45) is 5.41 Å². The number of carboxylic acid groups (broad SMARTS) is 1. The van der Waals surface area contributed by atoms with E-state index >= 15 is 0 Å². The zero-order valence-electron chi connectivity index (χ0n) is 16.2. The molecule has 29 heavy (non-hydrogen) atoms. The summed E-state index contributed by atoms with van der Waals surface area (Å²) in [4.78, 5) is 33.9. The van der Waals surface area contributed by atoms with Gasteiger partial charge in [-0.3, -0.25) is 14.7 Å². The topological polar surface area (TPSA) is 77.0 Å². The number of amides is 2. The minimum absolute atomic E-state index is 0.0585. The molecule has 150 valence electrons. The highest BCUT2D eigenvalue weighted by Gasteiger charge is 2.53. The number of anilines is 2. The normalized spacial score (nSPS) is 21.1. The van der Waals surface area contributed by atoms with Crippen LogP contribution in [0.15, 0.2) is 36.7 Å². The van der Waals surface area contributed by atoms with E-state index in [1.807, 2.05) is 26.0 Å². The number of fused-ring (bicyclic) bond motifs is 1. The van der Waals surface area contributed by atoms with Crippen molar-refractivity contribution in [2.75, 3.05) is 36.0 Å². The number of halogens is 1. The van der Waals surface area contributed by atoms with Gasteiger partial charge in [0.2, 0.25) is 0 Å². The smallest absolute Gasteiger partial charge is 0.407 e. The lowest BCUT2D eigenvalue weighted by molar-refractivity contribution is -0.00943. The summed E-state index contributed by atoms with van der Waals surface area (Å²) in [5.74, 6) is -0.0585. The van der Waals surface area contributed by atoms with Crippen LogP contribution in [0.4, 0.5) is 16.2 Å². The molecule has 1 N–H and O–H groups in total. The molecule has 5 rings (SSSR count). The highest BCUT2D eigenvalue weighted by Crippen LogP contribution is 2.45. The van der Waals surface area contributed by atoms with Gasteiger partial charge in [0.25, 0.3) is 5.91 Å². The average molecular weight is 413 g/mol. The largest absolute Gasteiger partial charge is 0.465 e. The third-order valence-electron chi connectivity index (χ3n) is 6.34. The summed E-state index contributed by atoms with van der Waals surface area (Å²) in [6.45, 7) is 6.78. The van der Waals surface area contributed by atoms with Crippen molar-refractivity contribution in [3.8, 4) is 0 Å². The van der Waals surface area contributed by atoms with Crippen molar-refractivity contribution in [2.45, 2.75) is 19.4 Å². The van der Waals surface area contributed by atoms with Crippen LogP contribution in [0, 0.1) is 5.41 Å². The first-order valence-electron chi connectivity index (χ1n) is 9.53. The van der Waals surface area contributed by atoms with E-state index in [1.165, 1.54) is 4.90 Å². The number of rotatable bonds is 2. The molecule has 2 aromatic rings. The quantitative estimate of drug-likeness (QED) is 0.817. The second-order valence-corrected chi connectivity index (χ2v) is 9.22. The Kier molecular flexibility index (Phi) is 3.68. The number of nitrogens with zero attached hydrogens (tertiary/aromatic N) is 4. The van der Waals surface area contributed by atoms with Crippen LogP contribution in [-0.2, 0) is 5.54 Å². The van der Waals surface area contributed by atoms with Crippen LogP contribution in [0.2, 0.25) is 5.02 Å². The zero-order chi connectivity index (χ0) is 20.6. The molecule has 0 aliphatic carbocycles. The summed E-state index contributed by atoms with van der Waals surface area (Å²) in [6.07, 6.45) is 2.65. The summed E-state index contributed by atoms with van der Waals surface area (Å²) in [5.41, 5.74) is 2.78. The average Bonchev–Trinajstić information content (AvgIpc) is 2.78. The van der Waals surface area contributed by atoms with Crippen LogP contribution >= 0.6 is 11.6 Å². The van der Waals surface area contributed by atoms with E-state index in [2.05, 4.69) is 9.88 Å². The summed E-state index contributed by atoms with van der Waals surface area (Å²) >= 11 is 6.17. The molecule has 0 bridgehead atoms. The van der Waals surface area contributed by atoms with Gasteiger partial charge in [0.05, 0.1) is 29.3 Å². The number of carbonyl (C=O) groups is 2. The van der Waals surface area contributed by atoms with Crippen LogP contribution in [0.3, 0.4) is 0 Å². The Labute approximate surface area is 173 Å². The number of likely N-dealkylation sites (tertiary alicyclic amines) is 1. The lowest BCUT2D eigenvalue weighted by atomic mass is 9.73. The van der Waals surface area contributed by atoms with E-state index in [-0.39, 0.29) is 11.3 Å². The molecular formula is C21H21ClN4O3. The Morgan fingerprint density at radius 1 is 1.10 bits per heavy atom. The fraction of sp³-hybridized carbons (Fsp3) is 0.381. The molecule has 4 heterocycles. The molecule has 0 atom stereocenters. The van der Waals surface area contributed by atoms with E-state index in [4.69, 9.17) is 16.7 Å². The molecular weight excluding hydrogens is 392 g/mol. The second-order valence-electron chi connectivity index (χ2n) is 8.79. The van der Waals surface area contributed by atoms with Gasteiger partial charge < -0.3 is 14.9 Å². The molecule has 1 aromatic heterocycles. The standard InChI is InChI=1S/C21H21ClN4O3/c1-20(2)17-5-13(22)3-4-16(17)18(27)26(20)15-6-14(7-23-8-15)24-9-21(10-24)11-25(12-21)19(28)29/h3-8H,9-12H2,1-2H3,(H,28,29). The predicted octanol–water partition coefficient (Wildman–Crippen LogP) is 3.43. The first kappa shape index (κ1) is 18.2. The fourth-order valence-corrected chi connectivity index (χ4v) is 5.07. The molecule has 2 fully saturated rings. The van der Waals surface area contributed by atoms with Crippen LogP contribution < -0.4 is 9.80 Å². The predicted molar refractivity (Wildman–Crippen MR) is 110 cm³/mol. The molecule has 2 saturated heterocycles. The van der Waals surface area contributed by atoms with Gasteiger partial charge in [-0.2, -0.15) is 0 Å². The monoisotopic (exact) mass is 412 g/mol. The number of hydrogen-bond donors (Lipinski definition) is 1. The van der Waals surface area contributed by atoms with Crippen LogP contribution in [0.1, 0.15) is 29.8 Å². The zero-order valence-corrected chi connectivity index (χ0v) is 17.0.